The molecule has 17 heavy (non-hydrogen) atoms. The second kappa shape index (κ2) is 5.10. The molecule has 1 saturated carbocycles. The fraction of sp³-hybridized carbons (Fsp3) is 0.538. The Bertz CT molecular complexity index is 389. The molecule has 2 nitrogen and oxygen atoms in total. The molecule has 4 heteroatoms. The van der Waals surface area contributed by atoms with Crippen LogP contribution in [0.1, 0.15) is 31.2 Å². The van der Waals surface area contributed by atoms with Crippen LogP contribution in [0.3, 0.4) is 0 Å². The first-order valence-corrected chi connectivity index (χ1v) is 5.90. The largest absolute Gasteiger partial charge is 0.375 e. The molecular formula is C13H17F2NO. The Kier molecular flexibility index (Phi) is 3.74. The highest BCUT2D eigenvalue weighted by Crippen LogP contribution is 2.27. The first kappa shape index (κ1) is 12.5. The van der Waals surface area contributed by atoms with E-state index in [1.54, 1.807) is 0 Å². The standard InChI is InChI=1S/C13H17F2NO/c14-11-5-3-4-10(12(11)15)8-17-9-13(16)6-1-2-7-13/h3-5H,1-2,6-9,16H2. The smallest absolute Gasteiger partial charge is 0.164 e. The van der Waals surface area contributed by atoms with Crippen molar-refractivity contribution in [3.8, 4) is 0 Å². The minimum Gasteiger partial charge on any atom is -0.375 e. The van der Waals surface area contributed by atoms with E-state index in [1.807, 2.05) is 0 Å². The first-order valence-electron chi connectivity index (χ1n) is 5.90. The second-order valence-electron chi connectivity index (χ2n) is 4.78. The maximum Gasteiger partial charge on any atom is 0.164 e. The predicted octanol–water partition coefficient (Wildman–Crippen LogP) is 2.75. The minimum absolute atomic E-state index is 0.0720. The fourth-order valence-corrected chi connectivity index (χ4v) is 2.25. The van der Waals surface area contributed by atoms with Gasteiger partial charge in [0.25, 0.3) is 0 Å². The molecule has 0 bridgehead atoms. The van der Waals surface area contributed by atoms with Crippen molar-refractivity contribution in [3.05, 3.63) is 35.4 Å². The van der Waals surface area contributed by atoms with Crippen LogP contribution in [0.5, 0.6) is 0 Å². The van der Waals surface area contributed by atoms with Crippen molar-refractivity contribution in [1.82, 2.24) is 0 Å². The Hall–Kier alpha value is -1.00. The quantitative estimate of drug-likeness (QED) is 0.879. The SMILES string of the molecule is NC1(COCc2cccc(F)c2F)CCCC1. The number of nitrogens with two attached hydrogens (primary N) is 1. The lowest BCUT2D eigenvalue weighted by molar-refractivity contribution is 0.0730. The van der Waals surface area contributed by atoms with Crippen LogP contribution in [0, 0.1) is 11.6 Å². The average molecular weight is 241 g/mol. The molecule has 0 saturated heterocycles. The highest BCUT2D eigenvalue weighted by Gasteiger charge is 2.29. The van der Waals surface area contributed by atoms with Crippen molar-refractivity contribution in [2.75, 3.05) is 6.61 Å². The van der Waals surface area contributed by atoms with E-state index in [1.165, 1.54) is 12.1 Å². The molecule has 1 aromatic carbocycles. The van der Waals surface area contributed by atoms with Gasteiger partial charge in [-0.2, -0.15) is 0 Å². The molecule has 1 fully saturated rings. The maximum atomic E-state index is 13.3. The Morgan fingerprint density at radius 3 is 2.65 bits per heavy atom. The van der Waals surface area contributed by atoms with Crippen molar-refractivity contribution in [2.45, 2.75) is 37.8 Å². The van der Waals surface area contributed by atoms with E-state index in [0.29, 0.717) is 6.61 Å². The van der Waals surface area contributed by atoms with Crippen molar-refractivity contribution in [1.29, 1.82) is 0 Å². The molecular weight excluding hydrogens is 224 g/mol. The average Bonchev–Trinajstić information content (AvgIpc) is 2.72. The molecule has 0 spiro atoms. The topological polar surface area (TPSA) is 35.2 Å². The molecule has 1 aromatic rings. The summed E-state index contributed by atoms with van der Waals surface area (Å²) in [5, 5.41) is 0. The van der Waals surface area contributed by atoms with Crippen LogP contribution in [0.25, 0.3) is 0 Å². The number of hydrogen-bond donors (Lipinski definition) is 1. The zero-order valence-electron chi connectivity index (χ0n) is 9.72. The van der Waals surface area contributed by atoms with Gasteiger partial charge >= 0.3 is 0 Å². The Labute approximate surface area is 99.8 Å². The summed E-state index contributed by atoms with van der Waals surface area (Å²) < 4.78 is 31.6. The lowest BCUT2D eigenvalue weighted by Crippen LogP contribution is -2.41. The number of hydrogen-bond acceptors (Lipinski definition) is 2. The van der Waals surface area contributed by atoms with Crippen LogP contribution in [0.4, 0.5) is 8.78 Å². The van der Waals surface area contributed by atoms with E-state index in [-0.39, 0.29) is 17.7 Å². The second-order valence-corrected chi connectivity index (χ2v) is 4.78. The Balaban J connectivity index is 1.88. The highest BCUT2D eigenvalue weighted by molar-refractivity contribution is 5.18. The van der Waals surface area contributed by atoms with E-state index in [9.17, 15) is 8.78 Å². The van der Waals surface area contributed by atoms with Crippen LogP contribution in [0.2, 0.25) is 0 Å². The number of rotatable bonds is 4. The Morgan fingerprint density at radius 1 is 1.24 bits per heavy atom. The summed E-state index contributed by atoms with van der Waals surface area (Å²) in [5.41, 5.74) is 6.07. The summed E-state index contributed by atoms with van der Waals surface area (Å²) in [5.74, 6) is -1.67. The van der Waals surface area contributed by atoms with Crippen LogP contribution in [0.15, 0.2) is 18.2 Å². The molecule has 2 rings (SSSR count). The summed E-state index contributed by atoms with van der Waals surface area (Å²) in [4.78, 5) is 0. The van der Waals surface area contributed by atoms with Crippen LogP contribution >= 0.6 is 0 Å². The van der Waals surface area contributed by atoms with Gasteiger partial charge in [0.15, 0.2) is 11.6 Å². The van der Waals surface area contributed by atoms with Crippen molar-refractivity contribution < 1.29 is 13.5 Å². The van der Waals surface area contributed by atoms with E-state index in [0.717, 1.165) is 31.7 Å². The van der Waals surface area contributed by atoms with E-state index >= 15 is 0 Å². The molecule has 0 atom stereocenters. The third-order valence-electron chi connectivity index (χ3n) is 3.28. The van der Waals surface area contributed by atoms with E-state index in [4.69, 9.17) is 10.5 Å². The third-order valence-corrected chi connectivity index (χ3v) is 3.28. The van der Waals surface area contributed by atoms with Gasteiger partial charge in [0.05, 0.1) is 13.2 Å². The molecule has 0 heterocycles. The van der Waals surface area contributed by atoms with Gasteiger partial charge in [-0.15, -0.1) is 0 Å². The zero-order chi connectivity index (χ0) is 12.3. The number of halogens is 2. The van der Waals surface area contributed by atoms with Gasteiger partial charge in [0, 0.05) is 11.1 Å². The molecule has 0 aromatic heterocycles. The summed E-state index contributed by atoms with van der Waals surface area (Å²) >= 11 is 0. The van der Waals surface area contributed by atoms with Gasteiger partial charge in [-0.1, -0.05) is 25.0 Å². The van der Waals surface area contributed by atoms with E-state index < -0.39 is 11.6 Å². The summed E-state index contributed by atoms with van der Waals surface area (Å²) in [6.45, 7) is 0.478. The van der Waals surface area contributed by atoms with Crippen molar-refractivity contribution in [3.63, 3.8) is 0 Å². The molecule has 2 N–H and O–H groups in total. The lowest BCUT2D eigenvalue weighted by atomic mass is 10.0. The monoisotopic (exact) mass is 241 g/mol. The molecule has 0 radical (unpaired) electrons. The lowest BCUT2D eigenvalue weighted by Gasteiger charge is -2.23. The van der Waals surface area contributed by atoms with Gasteiger partial charge in [-0.3, -0.25) is 0 Å². The van der Waals surface area contributed by atoms with Crippen LogP contribution < -0.4 is 5.73 Å². The van der Waals surface area contributed by atoms with Crippen LogP contribution in [-0.4, -0.2) is 12.1 Å². The molecule has 0 unspecified atom stereocenters. The van der Waals surface area contributed by atoms with E-state index in [2.05, 4.69) is 0 Å². The molecule has 94 valence electrons. The molecule has 0 amide bonds. The highest BCUT2D eigenvalue weighted by atomic mass is 19.2. The van der Waals surface area contributed by atoms with Gasteiger partial charge in [-0.05, 0) is 18.9 Å². The van der Waals surface area contributed by atoms with Crippen molar-refractivity contribution >= 4 is 0 Å². The van der Waals surface area contributed by atoms with Gasteiger partial charge in [-0.25, -0.2) is 8.78 Å². The van der Waals surface area contributed by atoms with Crippen molar-refractivity contribution in [2.24, 2.45) is 5.73 Å². The molecule has 1 aliphatic carbocycles. The zero-order valence-corrected chi connectivity index (χ0v) is 9.72. The molecule has 0 aliphatic heterocycles. The third kappa shape index (κ3) is 3.01. The van der Waals surface area contributed by atoms with Gasteiger partial charge in [0.2, 0.25) is 0 Å². The minimum atomic E-state index is -0.838. The summed E-state index contributed by atoms with van der Waals surface area (Å²) in [7, 11) is 0. The summed E-state index contributed by atoms with van der Waals surface area (Å²) in [6, 6.07) is 4.10. The first-order chi connectivity index (χ1) is 8.11. The fourth-order valence-electron chi connectivity index (χ4n) is 2.25. The maximum absolute atomic E-state index is 13.3. The predicted molar refractivity (Wildman–Crippen MR) is 61.4 cm³/mol. The van der Waals surface area contributed by atoms with Gasteiger partial charge in [0.1, 0.15) is 0 Å². The van der Waals surface area contributed by atoms with Crippen LogP contribution in [-0.2, 0) is 11.3 Å². The molecule has 1 aliphatic rings. The Morgan fingerprint density at radius 2 is 1.94 bits per heavy atom. The summed E-state index contributed by atoms with van der Waals surface area (Å²) in [6.07, 6.45) is 4.12. The van der Waals surface area contributed by atoms with Gasteiger partial charge < -0.3 is 10.5 Å². The number of benzene rings is 1. The normalized spacial score (nSPS) is 18.5. The number of ether oxygens (including phenoxy) is 1.